The number of rotatable bonds is 4. The molecule has 0 saturated heterocycles. The fraction of sp³-hybridized carbons (Fsp3) is 0.571. The molecule has 1 fully saturated rings. The highest BCUT2D eigenvalue weighted by Gasteiger charge is 2.20. The van der Waals surface area contributed by atoms with Crippen molar-refractivity contribution >= 4 is 15.9 Å². The molecular weight excluding hydrogens is 297 g/mol. The predicted molar refractivity (Wildman–Crippen MR) is 74.0 cm³/mol. The van der Waals surface area contributed by atoms with E-state index in [1.165, 1.54) is 6.07 Å². The minimum Gasteiger partial charge on any atom is -0.381 e. The van der Waals surface area contributed by atoms with E-state index in [9.17, 15) is 4.39 Å². The maximum atomic E-state index is 13.6. The van der Waals surface area contributed by atoms with Gasteiger partial charge in [0.25, 0.3) is 0 Å². The van der Waals surface area contributed by atoms with Crippen LogP contribution in [-0.4, -0.2) is 19.3 Å². The number of ether oxygens (including phenoxy) is 1. The van der Waals surface area contributed by atoms with Gasteiger partial charge in [-0.25, -0.2) is 4.39 Å². The molecule has 0 heterocycles. The molecule has 100 valence electrons. The van der Waals surface area contributed by atoms with Crippen molar-refractivity contribution in [1.29, 1.82) is 0 Å². The molecule has 0 unspecified atom stereocenters. The molecule has 4 heteroatoms. The molecule has 1 saturated carbocycles. The standard InChI is InChI=1S/C14H19BrFNO/c1-18-13-5-3-12(4-6-13)17-9-10-8-11(15)2-7-14(10)16/h2,7-8,12-13,17H,3-6,9H2,1H3. The van der Waals surface area contributed by atoms with Crippen LogP contribution in [0.1, 0.15) is 31.2 Å². The first kappa shape index (κ1) is 14.0. The maximum Gasteiger partial charge on any atom is 0.127 e. The molecule has 0 amide bonds. The fourth-order valence-electron chi connectivity index (χ4n) is 2.44. The van der Waals surface area contributed by atoms with E-state index < -0.39 is 0 Å². The number of halogens is 2. The van der Waals surface area contributed by atoms with Gasteiger partial charge in [0, 0.05) is 29.7 Å². The summed E-state index contributed by atoms with van der Waals surface area (Å²) >= 11 is 3.37. The van der Waals surface area contributed by atoms with Gasteiger partial charge in [-0.1, -0.05) is 15.9 Å². The molecule has 1 aliphatic rings. The molecule has 1 aromatic carbocycles. The summed E-state index contributed by atoms with van der Waals surface area (Å²) in [4.78, 5) is 0. The van der Waals surface area contributed by atoms with Crippen molar-refractivity contribution in [3.8, 4) is 0 Å². The summed E-state index contributed by atoms with van der Waals surface area (Å²) in [5.74, 6) is -0.142. The molecule has 0 radical (unpaired) electrons. The second-order valence-corrected chi connectivity index (χ2v) is 5.74. The summed E-state index contributed by atoms with van der Waals surface area (Å²) in [5, 5.41) is 3.43. The van der Waals surface area contributed by atoms with Crippen molar-refractivity contribution in [3.63, 3.8) is 0 Å². The Morgan fingerprint density at radius 3 is 2.72 bits per heavy atom. The van der Waals surface area contributed by atoms with Crippen LogP contribution in [-0.2, 0) is 11.3 Å². The fourth-order valence-corrected chi connectivity index (χ4v) is 2.84. The summed E-state index contributed by atoms with van der Waals surface area (Å²) in [6.45, 7) is 0.591. The molecule has 0 atom stereocenters. The summed E-state index contributed by atoms with van der Waals surface area (Å²) in [7, 11) is 1.77. The van der Waals surface area contributed by atoms with Crippen molar-refractivity contribution in [2.75, 3.05) is 7.11 Å². The van der Waals surface area contributed by atoms with Crippen molar-refractivity contribution in [2.24, 2.45) is 0 Å². The molecule has 0 aliphatic heterocycles. The molecule has 1 aromatic rings. The van der Waals surface area contributed by atoms with Crippen LogP contribution in [0.5, 0.6) is 0 Å². The molecule has 0 aromatic heterocycles. The second kappa shape index (κ2) is 6.64. The normalized spacial score (nSPS) is 24.2. The largest absolute Gasteiger partial charge is 0.381 e. The first-order chi connectivity index (χ1) is 8.69. The third-order valence-electron chi connectivity index (χ3n) is 3.60. The number of nitrogens with one attached hydrogen (secondary N) is 1. The first-order valence-electron chi connectivity index (χ1n) is 6.39. The van der Waals surface area contributed by atoms with Crippen LogP contribution in [0.15, 0.2) is 22.7 Å². The smallest absolute Gasteiger partial charge is 0.127 e. The average molecular weight is 316 g/mol. The average Bonchev–Trinajstić information content (AvgIpc) is 2.40. The summed E-state index contributed by atoms with van der Waals surface area (Å²) in [6, 6.07) is 5.55. The molecule has 18 heavy (non-hydrogen) atoms. The van der Waals surface area contributed by atoms with Crippen molar-refractivity contribution < 1.29 is 9.13 Å². The third kappa shape index (κ3) is 3.77. The van der Waals surface area contributed by atoms with Gasteiger partial charge in [0.1, 0.15) is 5.82 Å². The highest BCUT2D eigenvalue weighted by atomic mass is 79.9. The lowest BCUT2D eigenvalue weighted by Crippen LogP contribution is -2.34. The number of benzene rings is 1. The minimum atomic E-state index is -0.142. The zero-order valence-electron chi connectivity index (χ0n) is 10.6. The summed E-state index contributed by atoms with van der Waals surface area (Å²) in [5.41, 5.74) is 0.721. The Hall–Kier alpha value is -0.450. The number of hydrogen-bond donors (Lipinski definition) is 1. The monoisotopic (exact) mass is 315 g/mol. The van der Waals surface area contributed by atoms with Gasteiger partial charge in [-0.3, -0.25) is 0 Å². The van der Waals surface area contributed by atoms with Crippen molar-refractivity contribution in [2.45, 2.75) is 44.4 Å². The quantitative estimate of drug-likeness (QED) is 0.916. The molecule has 0 bridgehead atoms. The molecule has 2 rings (SSSR count). The van der Waals surface area contributed by atoms with E-state index in [-0.39, 0.29) is 5.82 Å². The third-order valence-corrected chi connectivity index (χ3v) is 4.09. The Morgan fingerprint density at radius 2 is 2.06 bits per heavy atom. The van der Waals surface area contributed by atoms with Gasteiger partial charge < -0.3 is 10.1 Å². The molecular formula is C14H19BrFNO. The number of hydrogen-bond acceptors (Lipinski definition) is 2. The lowest BCUT2D eigenvalue weighted by Gasteiger charge is -2.28. The molecule has 0 spiro atoms. The predicted octanol–water partition coefficient (Wildman–Crippen LogP) is 3.64. The minimum absolute atomic E-state index is 0.142. The Bertz CT molecular complexity index is 391. The van der Waals surface area contributed by atoms with Gasteiger partial charge >= 0.3 is 0 Å². The lowest BCUT2D eigenvalue weighted by molar-refractivity contribution is 0.0623. The Kier molecular flexibility index (Phi) is 5.15. The van der Waals surface area contributed by atoms with Gasteiger partial charge in [-0.2, -0.15) is 0 Å². The molecule has 1 aliphatic carbocycles. The Labute approximate surface area is 116 Å². The van der Waals surface area contributed by atoms with Crippen LogP contribution >= 0.6 is 15.9 Å². The van der Waals surface area contributed by atoms with Gasteiger partial charge in [-0.15, -0.1) is 0 Å². The topological polar surface area (TPSA) is 21.3 Å². The van der Waals surface area contributed by atoms with E-state index in [4.69, 9.17) is 4.74 Å². The van der Waals surface area contributed by atoms with Crippen LogP contribution in [0.2, 0.25) is 0 Å². The van der Waals surface area contributed by atoms with Gasteiger partial charge in [-0.05, 0) is 43.9 Å². The van der Waals surface area contributed by atoms with E-state index >= 15 is 0 Å². The van der Waals surface area contributed by atoms with Crippen molar-refractivity contribution in [3.05, 3.63) is 34.1 Å². The van der Waals surface area contributed by atoms with E-state index in [0.29, 0.717) is 18.7 Å². The molecule has 1 N–H and O–H groups in total. The zero-order chi connectivity index (χ0) is 13.0. The van der Waals surface area contributed by atoms with Crippen LogP contribution in [0.4, 0.5) is 4.39 Å². The maximum absolute atomic E-state index is 13.6. The molecule has 2 nitrogen and oxygen atoms in total. The van der Waals surface area contributed by atoms with E-state index in [2.05, 4.69) is 21.2 Å². The van der Waals surface area contributed by atoms with E-state index in [1.807, 2.05) is 6.07 Å². The summed E-state index contributed by atoms with van der Waals surface area (Å²) < 4.78 is 19.8. The lowest BCUT2D eigenvalue weighted by atomic mass is 9.93. The zero-order valence-corrected chi connectivity index (χ0v) is 12.2. The van der Waals surface area contributed by atoms with Gasteiger partial charge in [0.05, 0.1) is 6.10 Å². The van der Waals surface area contributed by atoms with Crippen LogP contribution in [0.3, 0.4) is 0 Å². The first-order valence-corrected chi connectivity index (χ1v) is 7.18. The van der Waals surface area contributed by atoms with E-state index in [1.54, 1.807) is 13.2 Å². The Balaban J connectivity index is 1.83. The second-order valence-electron chi connectivity index (χ2n) is 4.83. The van der Waals surface area contributed by atoms with Gasteiger partial charge in [0.15, 0.2) is 0 Å². The van der Waals surface area contributed by atoms with Crippen molar-refractivity contribution in [1.82, 2.24) is 5.32 Å². The summed E-state index contributed by atoms with van der Waals surface area (Å²) in [6.07, 6.45) is 4.80. The van der Waals surface area contributed by atoms with Gasteiger partial charge in [0.2, 0.25) is 0 Å². The number of methoxy groups -OCH3 is 1. The Morgan fingerprint density at radius 1 is 1.33 bits per heavy atom. The van der Waals surface area contributed by atoms with Crippen LogP contribution in [0, 0.1) is 5.82 Å². The van der Waals surface area contributed by atoms with Crippen LogP contribution in [0.25, 0.3) is 0 Å². The highest BCUT2D eigenvalue weighted by molar-refractivity contribution is 9.10. The highest BCUT2D eigenvalue weighted by Crippen LogP contribution is 2.21. The van der Waals surface area contributed by atoms with Crippen LogP contribution < -0.4 is 5.32 Å². The SMILES string of the molecule is COC1CCC(NCc2cc(Br)ccc2F)CC1. The van der Waals surface area contributed by atoms with E-state index in [0.717, 1.165) is 35.7 Å².